The summed E-state index contributed by atoms with van der Waals surface area (Å²) < 4.78 is 13.1. The van der Waals surface area contributed by atoms with E-state index in [2.05, 4.69) is 11.4 Å². The Bertz CT molecular complexity index is 421. The van der Waals surface area contributed by atoms with Gasteiger partial charge in [-0.3, -0.25) is 0 Å². The summed E-state index contributed by atoms with van der Waals surface area (Å²) in [5, 5.41) is 12.2. The van der Waals surface area contributed by atoms with Gasteiger partial charge in [-0.25, -0.2) is 4.39 Å². The van der Waals surface area contributed by atoms with Gasteiger partial charge in [0.25, 0.3) is 0 Å². The van der Waals surface area contributed by atoms with Crippen molar-refractivity contribution in [3.05, 3.63) is 35.6 Å². The molecule has 0 aromatic heterocycles. The predicted octanol–water partition coefficient (Wildman–Crippen LogP) is 3.81. The number of nitrogens with one attached hydrogen (secondary N) is 1. The molecule has 0 aliphatic heterocycles. The lowest BCUT2D eigenvalue weighted by molar-refractivity contribution is 0.417. The van der Waals surface area contributed by atoms with Gasteiger partial charge in [0, 0.05) is 6.04 Å². The van der Waals surface area contributed by atoms with E-state index in [9.17, 15) is 4.39 Å². The third kappa shape index (κ3) is 4.85. The number of halogens is 1. The molecule has 1 aromatic carbocycles. The van der Waals surface area contributed by atoms with Gasteiger partial charge in [0.2, 0.25) is 0 Å². The molecule has 0 unspecified atom stereocenters. The Balaban J connectivity index is 2.34. The number of hydrogen-bond donors (Lipinski definition) is 1. The number of nitrogens with zero attached hydrogens (tertiary/aromatic N) is 1. The summed E-state index contributed by atoms with van der Waals surface area (Å²) >= 11 is 0. The van der Waals surface area contributed by atoms with Crippen molar-refractivity contribution in [2.45, 2.75) is 39.7 Å². The van der Waals surface area contributed by atoms with Crippen molar-refractivity contribution >= 4 is 0 Å². The lowest BCUT2D eigenvalue weighted by atomic mass is 9.90. The first kappa shape index (κ1) is 14.7. The van der Waals surface area contributed by atoms with Gasteiger partial charge in [-0.1, -0.05) is 12.1 Å². The van der Waals surface area contributed by atoms with Gasteiger partial charge in [-0.15, -0.1) is 0 Å². The van der Waals surface area contributed by atoms with Crippen molar-refractivity contribution < 1.29 is 4.39 Å². The van der Waals surface area contributed by atoms with Crippen molar-refractivity contribution in [1.29, 1.82) is 5.26 Å². The van der Waals surface area contributed by atoms with Crippen LogP contribution in [0.15, 0.2) is 24.3 Å². The third-order valence-corrected chi connectivity index (χ3v) is 3.08. The normalized spacial score (nSPS) is 13.1. The molecule has 18 heavy (non-hydrogen) atoms. The van der Waals surface area contributed by atoms with Crippen LogP contribution in [0.1, 0.15) is 45.2 Å². The highest BCUT2D eigenvalue weighted by Crippen LogP contribution is 2.20. The van der Waals surface area contributed by atoms with E-state index in [-0.39, 0.29) is 17.3 Å². The maximum Gasteiger partial charge on any atom is 0.123 e. The van der Waals surface area contributed by atoms with Crippen molar-refractivity contribution in [2.24, 2.45) is 5.41 Å². The van der Waals surface area contributed by atoms with E-state index in [0.717, 1.165) is 24.9 Å². The summed E-state index contributed by atoms with van der Waals surface area (Å²) in [5.41, 5.74) is 0.693. The van der Waals surface area contributed by atoms with Crippen LogP contribution in [-0.4, -0.2) is 6.54 Å². The summed E-state index contributed by atoms with van der Waals surface area (Å²) in [4.78, 5) is 0. The molecule has 0 amide bonds. The maximum absolute atomic E-state index is 13.1. The number of nitriles is 1. The number of rotatable bonds is 6. The van der Waals surface area contributed by atoms with E-state index in [4.69, 9.17) is 5.26 Å². The largest absolute Gasteiger partial charge is 0.310 e. The van der Waals surface area contributed by atoms with Crippen LogP contribution in [0.4, 0.5) is 4.39 Å². The lowest BCUT2D eigenvalue weighted by Gasteiger charge is -2.17. The first-order chi connectivity index (χ1) is 8.44. The smallest absolute Gasteiger partial charge is 0.123 e. The van der Waals surface area contributed by atoms with Gasteiger partial charge in [0.05, 0.1) is 11.5 Å². The van der Waals surface area contributed by atoms with Crippen LogP contribution in [0, 0.1) is 22.6 Å². The van der Waals surface area contributed by atoms with Gasteiger partial charge in [0.1, 0.15) is 5.82 Å². The Morgan fingerprint density at radius 2 is 2.17 bits per heavy atom. The van der Waals surface area contributed by atoms with Crippen LogP contribution in [0.2, 0.25) is 0 Å². The molecule has 98 valence electrons. The Labute approximate surface area is 109 Å². The first-order valence-electron chi connectivity index (χ1n) is 6.35. The van der Waals surface area contributed by atoms with Gasteiger partial charge < -0.3 is 5.32 Å². The molecular formula is C15H21FN2. The molecule has 0 heterocycles. The number of benzene rings is 1. The highest BCUT2D eigenvalue weighted by molar-refractivity contribution is 5.19. The standard InChI is InChI=1S/C15H21FN2/c1-12(13-6-4-7-14(16)10-13)18-9-5-8-15(2,3)11-17/h4,6-7,10,12,18H,5,8-9H2,1-3H3/t12-/m0/s1. The molecule has 0 saturated heterocycles. The van der Waals surface area contributed by atoms with E-state index in [0.29, 0.717) is 0 Å². The van der Waals surface area contributed by atoms with Crippen LogP contribution in [-0.2, 0) is 0 Å². The fourth-order valence-electron chi connectivity index (χ4n) is 1.80. The van der Waals surface area contributed by atoms with E-state index in [1.165, 1.54) is 6.07 Å². The minimum atomic E-state index is -0.260. The molecule has 1 atom stereocenters. The summed E-state index contributed by atoms with van der Waals surface area (Å²) in [7, 11) is 0. The average molecular weight is 248 g/mol. The summed E-state index contributed by atoms with van der Waals surface area (Å²) in [5.74, 6) is -0.202. The first-order valence-corrected chi connectivity index (χ1v) is 6.35. The second kappa shape index (κ2) is 6.51. The molecular weight excluding hydrogens is 227 g/mol. The van der Waals surface area contributed by atoms with Gasteiger partial charge in [-0.2, -0.15) is 5.26 Å². The average Bonchev–Trinajstić information content (AvgIpc) is 2.34. The molecule has 0 fully saturated rings. The van der Waals surface area contributed by atoms with Crippen molar-refractivity contribution in [1.82, 2.24) is 5.32 Å². The topological polar surface area (TPSA) is 35.8 Å². The van der Waals surface area contributed by atoms with E-state index in [1.54, 1.807) is 12.1 Å². The third-order valence-electron chi connectivity index (χ3n) is 3.08. The Kier molecular flexibility index (Phi) is 5.30. The number of hydrogen-bond acceptors (Lipinski definition) is 2. The molecule has 0 saturated carbocycles. The monoisotopic (exact) mass is 248 g/mol. The molecule has 0 aliphatic rings. The quantitative estimate of drug-likeness (QED) is 0.777. The lowest BCUT2D eigenvalue weighted by Crippen LogP contribution is -2.21. The fraction of sp³-hybridized carbons (Fsp3) is 0.533. The zero-order valence-electron chi connectivity index (χ0n) is 11.3. The van der Waals surface area contributed by atoms with Crippen LogP contribution in [0.3, 0.4) is 0 Å². The SMILES string of the molecule is C[C@H](NCCCC(C)(C)C#N)c1cccc(F)c1. The second-order valence-electron chi connectivity index (χ2n) is 5.33. The summed E-state index contributed by atoms with van der Waals surface area (Å²) in [6.45, 7) is 6.75. The minimum absolute atomic E-state index is 0.130. The highest BCUT2D eigenvalue weighted by Gasteiger charge is 2.15. The van der Waals surface area contributed by atoms with E-state index in [1.807, 2.05) is 26.8 Å². The molecule has 2 nitrogen and oxygen atoms in total. The van der Waals surface area contributed by atoms with Crippen molar-refractivity contribution in [3.8, 4) is 6.07 Å². The highest BCUT2D eigenvalue weighted by atomic mass is 19.1. The molecule has 1 aromatic rings. The van der Waals surface area contributed by atoms with Gasteiger partial charge in [0.15, 0.2) is 0 Å². The fourth-order valence-corrected chi connectivity index (χ4v) is 1.80. The Morgan fingerprint density at radius 1 is 1.44 bits per heavy atom. The van der Waals surface area contributed by atoms with E-state index >= 15 is 0 Å². The van der Waals surface area contributed by atoms with Gasteiger partial charge >= 0.3 is 0 Å². The predicted molar refractivity (Wildman–Crippen MR) is 71.4 cm³/mol. The van der Waals surface area contributed by atoms with E-state index < -0.39 is 0 Å². The van der Waals surface area contributed by atoms with Crippen LogP contribution in [0.25, 0.3) is 0 Å². The summed E-state index contributed by atoms with van der Waals surface area (Å²) in [6.07, 6.45) is 1.81. The second-order valence-corrected chi connectivity index (χ2v) is 5.33. The molecule has 0 spiro atoms. The molecule has 3 heteroatoms. The summed E-state index contributed by atoms with van der Waals surface area (Å²) in [6, 6.07) is 9.06. The molecule has 1 rings (SSSR count). The molecule has 0 aliphatic carbocycles. The minimum Gasteiger partial charge on any atom is -0.310 e. The van der Waals surface area contributed by atoms with Gasteiger partial charge in [-0.05, 0) is 57.9 Å². The van der Waals surface area contributed by atoms with Crippen molar-refractivity contribution in [3.63, 3.8) is 0 Å². The molecule has 0 bridgehead atoms. The van der Waals surface area contributed by atoms with Crippen LogP contribution < -0.4 is 5.32 Å². The molecule has 0 radical (unpaired) electrons. The zero-order valence-corrected chi connectivity index (χ0v) is 11.3. The van der Waals surface area contributed by atoms with Crippen LogP contribution >= 0.6 is 0 Å². The van der Waals surface area contributed by atoms with Crippen LogP contribution in [0.5, 0.6) is 0 Å². The van der Waals surface area contributed by atoms with Crippen molar-refractivity contribution in [2.75, 3.05) is 6.54 Å². The zero-order chi connectivity index (χ0) is 13.6. The molecule has 1 N–H and O–H groups in total. The Morgan fingerprint density at radius 3 is 2.78 bits per heavy atom. The maximum atomic E-state index is 13.1. The Hall–Kier alpha value is -1.40.